The fourth-order valence-electron chi connectivity index (χ4n) is 5.02. The zero-order valence-electron chi connectivity index (χ0n) is 20.5. The smallest absolute Gasteiger partial charge is 0.338 e. The molecule has 0 saturated carbocycles. The number of methoxy groups -OCH3 is 1. The summed E-state index contributed by atoms with van der Waals surface area (Å²) in [5.41, 5.74) is 4.21. The molecule has 0 radical (unpaired) electrons. The quantitative estimate of drug-likeness (QED) is 0.562. The number of aliphatic imine (C=N–C) groups is 1. The largest absolute Gasteiger partial charge is 0.466 e. The van der Waals surface area contributed by atoms with Crippen LogP contribution in [-0.2, 0) is 14.3 Å². The molecule has 3 heterocycles. The highest BCUT2D eigenvalue weighted by atomic mass is 32.2. The molecular weight excluding hydrogens is 448 g/mol. The van der Waals surface area contributed by atoms with E-state index in [0.717, 1.165) is 40.7 Å². The monoisotopic (exact) mass is 482 g/mol. The molecule has 2 atom stereocenters. The van der Waals surface area contributed by atoms with E-state index in [0.29, 0.717) is 24.6 Å². The number of hydrogen-bond donors (Lipinski definition) is 1. The van der Waals surface area contributed by atoms with Gasteiger partial charge in [-0.25, -0.2) is 9.79 Å². The normalized spacial score (nSPS) is 22.4. The third-order valence-corrected chi connectivity index (χ3v) is 7.69. The molecule has 1 amide bonds. The molecule has 3 aliphatic rings. The fourth-order valence-corrected chi connectivity index (χ4v) is 5.95. The van der Waals surface area contributed by atoms with Gasteiger partial charge in [0.05, 0.1) is 30.8 Å². The van der Waals surface area contributed by atoms with Crippen molar-refractivity contribution in [3.05, 3.63) is 57.8 Å². The summed E-state index contributed by atoms with van der Waals surface area (Å²) in [6, 6.07) is 8.31. The molecule has 1 fully saturated rings. The molecule has 34 heavy (non-hydrogen) atoms. The minimum absolute atomic E-state index is 0.0124. The Labute approximate surface area is 206 Å². The van der Waals surface area contributed by atoms with Crippen LogP contribution < -0.4 is 5.32 Å². The average molecular weight is 483 g/mol. The van der Waals surface area contributed by atoms with Gasteiger partial charge < -0.3 is 19.9 Å². The molecular formula is C26H34N4O3S. The van der Waals surface area contributed by atoms with Crippen molar-refractivity contribution in [2.75, 3.05) is 27.2 Å². The van der Waals surface area contributed by atoms with Gasteiger partial charge >= 0.3 is 5.97 Å². The molecule has 0 aromatic heterocycles. The first-order chi connectivity index (χ1) is 16.4. The number of likely N-dealkylation sites (tertiary alicyclic amines) is 1. The highest BCUT2D eigenvalue weighted by Gasteiger charge is 2.41. The fraction of sp³-hybridized carbons (Fsp3) is 0.500. The number of esters is 1. The van der Waals surface area contributed by atoms with Gasteiger partial charge in [-0.15, -0.1) is 0 Å². The van der Waals surface area contributed by atoms with Crippen LogP contribution in [0.3, 0.4) is 0 Å². The van der Waals surface area contributed by atoms with E-state index in [-0.39, 0.29) is 24.3 Å². The van der Waals surface area contributed by atoms with Gasteiger partial charge in [-0.05, 0) is 57.2 Å². The molecule has 8 heteroatoms. The minimum Gasteiger partial charge on any atom is -0.466 e. The number of aryl methyl sites for hydroxylation is 1. The van der Waals surface area contributed by atoms with Crippen molar-refractivity contribution in [3.63, 3.8) is 0 Å². The number of nitrogens with zero attached hydrogens (tertiary/aromatic N) is 3. The maximum atomic E-state index is 12.9. The summed E-state index contributed by atoms with van der Waals surface area (Å²) in [4.78, 5) is 35.0. The zero-order valence-corrected chi connectivity index (χ0v) is 21.3. The summed E-state index contributed by atoms with van der Waals surface area (Å²) in [7, 11) is 3.56. The van der Waals surface area contributed by atoms with Crippen LogP contribution in [0, 0.1) is 6.92 Å². The van der Waals surface area contributed by atoms with Crippen LogP contribution in [-0.4, -0.2) is 60.1 Å². The number of ether oxygens (including phenoxy) is 1. The molecule has 7 nitrogen and oxygen atoms in total. The molecule has 182 valence electrons. The van der Waals surface area contributed by atoms with E-state index in [9.17, 15) is 9.59 Å². The first kappa shape index (κ1) is 24.5. The van der Waals surface area contributed by atoms with E-state index in [2.05, 4.69) is 23.3 Å². The van der Waals surface area contributed by atoms with Crippen LogP contribution >= 0.6 is 11.8 Å². The molecule has 0 unspecified atom stereocenters. The zero-order chi connectivity index (χ0) is 24.2. The number of amidine groups is 1. The lowest BCUT2D eigenvalue weighted by atomic mass is 9.92. The summed E-state index contributed by atoms with van der Waals surface area (Å²) in [6.07, 6.45) is 4.25. The number of thioether (sulfide) groups is 1. The molecule has 4 rings (SSSR count). The molecule has 1 aromatic carbocycles. The van der Waals surface area contributed by atoms with Crippen LogP contribution in [0.2, 0.25) is 0 Å². The topological polar surface area (TPSA) is 74.2 Å². The van der Waals surface area contributed by atoms with E-state index in [1.165, 1.54) is 31.7 Å². The van der Waals surface area contributed by atoms with Gasteiger partial charge in [-0.2, -0.15) is 0 Å². The maximum Gasteiger partial charge on any atom is 0.338 e. The lowest BCUT2D eigenvalue weighted by Crippen LogP contribution is -2.38. The second kappa shape index (κ2) is 10.8. The summed E-state index contributed by atoms with van der Waals surface area (Å²) >= 11 is 1.50. The Kier molecular flexibility index (Phi) is 7.78. The summed E-state index contributed by atoms with van der Waals surface area (Å²) in [5, 5.41) is 5.88. The van der Waals surface area contributed by atoms with Crippen LogP contribution in [0.4, 0.5) is 0 Å². The Bertz CT molecular complexity index is 1050. The lowest BCUT2D eigenvalue weighted by Gasteiger charge is -2.36. The van der Waals surface area contributed by atoms with Crippen LogP contribution in [0.5, 0.6) is 0 Å². The van der Waals surface area contributed by atoms with Gasteiger partial charge in [-0.3, -0.25) is 4.79 Å². The first-order valence-electron chi connectivity index (χ1n) is 12.0. The number of fused-ring (bicyclic) bond motifs is 1. The third kappa shape index (κ3) is 5.08. The summed E-state index contributed by atoms with van der Waals surface area (Å²) in [5.74, 6) is -0.394. The van der Waals surface area contributed by atoms with Gasteiger partial charge in [0.2, 0.25) is 5.91 Å². The van der Waals surface area contributed by atoms with Crippen LogP contribution in [0.15, 0.2) is 51.6 Å². The molecule has 0 bridgehead atoms. The predicted molar refractivity (Wildman–Crippen MR) is 136 cm³/mol. The van der Waals surface area contributed by atoms with E-state index in [1.54, 1.807) is 0 Å². The van der Waals surface area contributed by atoms with E-state index in [1.807, 2.05) is 42.4 Å². The number of nitrogens with one attached hydrogen (secondary N) is 1. The first-order valence-corrected chi connectivity index (χ1v) is 12.9. The number of amides is 1. The SMILES string of the molecule is CCC1=C(C(=O)OC)[C@H](c2cccc(C)c2)N2C(CC(=O)NCC[C@@H]3CCCN3C)=CSC2=N1. The molecule has 1 N–H and O–H groups in total. The standard InChI is InChI=1S/C26H34N4O3S/c1-5-21-23(25(32)33-4)24(18-9-6-8-17(2)14-18)30-20(16-34-26(30)28-21)15-22(31)27-12-11-19-10-7-13-29(19)3/h6,8-9,14,16,19,24H,5,7,10-13,15H2,1-4H3,(H,27,31)/t19-,24-/m0/s1. The van der Waals surface area contributed by atoms with Gasteiger partial charge in [0, 0.05) is 18.3 Å². The van der Waals surface area contributed by atoms with Gasteiger partial charge in [0.1, 0.15) is 0 Å². The van der Waals surface area contributed by atoms with E-state index < -0.39 is 0 Å². The van der Waals surface area contributed by atoms with Gasteiger partial charge in [-0.1, -0.05) is 48.5 Å². The Morgan fingerprint density at radius 2 is 2.15 bits per heavy atom. The molecule has 1 aromatic rings. The molecule has 0 aliphatic carbocycles. The summed E-state index contributed by atoms with van der Waals surface area (Å²) in [6.45, 7) is 5.84. The Morgan fingerprint density at radius 3 is 2.82 bits per heavy atom. The van der Waals surface area contributed by atoms with Crippen molar-refractivity contribution in [2.45, 2.75) is 58.0 Å². The lowest BCUT2D eigenvalue weighted by molar-refractivity contribution is -0.136. The number of hydrogen-bond acceptors (Lipinski definition) is 7. The Hall–Kier alpha value is -2.58. The van der Waals surface area contributed by atoms with Crippen molar-refractivity contribution in [2.24, 2.45) is 4.99 Å². The molecule has 1 saturated heterocycles. The Balaban J connectivity index is 1.55. The highest BCUT2D eigenvalue weighted by molar-refractivity contribution is 8.16. The highest BCUT2D eigenvalue weighted by Crippen LogP contribution is 2.45. The van der Waals surface area contributed by atoms with Crippen molar-refractivity contribution in [3.8, 4) is 0 Å². The van der Waals surface area contributed by atoms with E-state index in [4.69, 9.17) is 9.73 Å². The maximum absolute atomic E-state index is 12.9. The predicted octanol–water partition coefficient (Wildman–Crippen LogP) is 4.12. The Morgan fingerprint density at radius 1 is 1.32 bits per heavy atom. The van der Waals surface area contributed by atoms with Crippen molar-refractivity contribution < 1.29 is 14.3 Å². The number of rotatable bonds is 8. The van der Waals surface area contributed by atoms with Crippen LogP contribution in [0.1, 0.15) is 56.2 Å². The number of benzene rings is 1. The number of carbonyl (C=O) groups is 2. The molecule has 3 aliphatic heterocycles. The average Bonchev–Trinajstić information content (AvgIpc) is 3.42. The minimum atomic E-state index is -0.382. The second-order valence-electron chi connectivity index (χ2n) is 9.11. The van der Waals surface area contributed by atoms with Gasteiger partial charge in [0.25, 0.3) is 0 Å². The number of allylic oxidation sites excluding steroid dienone is 1. The molecule has 0 spiro atoms. The summed E-state index contributed by atoms with van der Waals surface area (Å²) < 4.78 is 5.18. The van der Waals surface area contributed by atoms with Crippen molar-refractivity contribution >= 4 is 28.8 Å². The third-order valence-electron chi connectivity index (χ3n) is 6.80. The van der Waals surface area contributed by atoms with Crippen LogP contribution in [0.25, 0.3) is 0 Å². The van der Waals surface area contributed by atoms with Crippen molar-refractivity contribution in [1.82, 2.24) is 15.1 Å². The van der Waals surface area contributed by atoms with E-state index >= 15 is 0 Å². The second-order valence-corrected chi connectivity index (χ2v) is 9.94. The van der Waals surface area contributed by atoms with Crippen molar-refractivity contribution in [1.29, 1.82) is 0 Å². The van der Waals surface area contributed by atoms with Gasteiger partial charge in [0.15, 0.2) is 5.17 Å². The number of carbonyl (C=O) groups excluding carboxylic acids is 2.